The van der Waals surface area contributed by atoms with E-state index in [-0.39, 0.29) is 17.0 Å². The smallest absolute Gasteiger partial charge is 0.270 e. The third-order valence-electron chi connectivity index (χ3n) is 4.03. The van der Waals surface area contributed by atoms with Gasteiger partial charge in [-0.05, 0) is 36.9 Å². The Morgan fingerprint density at radius 1 is 1.36 bits per heavy atom. The van der Waals surface area contributed by atoms with Gasteiger partial charge < -0.3 is 15.0 Å². The molecule has 9 heteroatoms. The van der Waals surface area contributed by atoms with E-state index in [1.807, 2.05) is 6.92 Å². The zero-order valence-corrected chi connectivity index (χ0v) is 15.1. The normalized spacial score (nSPS) is 21.4. The van der Waals surface area contributed by atoms with Gasteiger partial charge in [0.2, 0.25) is 16.7 Å². The van der Waals surface area contributed by atoms with Gasteiger partial charge in [0.15, 0.2) is 5.17 Å². The van der Waals surface area contributed by atoms with Crippen LogP contribution in [0.25, 0.3) is 0 Å². The molecule has 0 fully saturated rings. The molecular formula is C16H18N4O4S. The van der Waals surface area contributed by atoms with Crippen LogP contribution in [0.1, 0.15) is 26.3 Å². The van der Waals surface area contributed by atoms with Crippen molar-refractivity contribution in [2.75, 3.05) is 18.6 Å². The Hall–Kier alpha value is -2.55. The topological polar surface area (TPSA) is 91.3 Å². The molecule has 132 valence electrons. The number of nitrogens with one attached hydrogen (secondary N) is 1. The number of methoxy groups -OCH3 is 1. The Morgan fingerprint density at radius 3 is 2.64 bits per heavy atom. The first kappa shape index (κ1) is 17.3. The summed E-state index contributed by atoms with van der Waals surface area (Å²) in [5, 5.41) is 8.10. The zero-order valence-electron chi connectivity index (χ0n) is 14.3. The molecule has 1 atom stereocenters. The molecular weight excluding hydrogens is 344 g/mol. The molecule has 0 bridgehead atoms. The molecule has 1 N–H and O–H groups in total. The number of carbonyl (C=O) groups excluding carboxylic acids is 3. The number of ether oxygens (including phenoxy) is 1. The molecule has 3 amide bonds. The molecule has 0 saturated heterocycles. The number of benzene rings is 1. The molecule has 0 aliphatic carbocycles. The lowest BCUT2D eigenvalue weighted by Gasteiger charge is -2.29. The standard InChI is InChI=1S/C16H18N4O4S/c1-5-19-13-7-6-11(24-4)8-12(13)16(14(19)23)20(10(3)22)18-15(25-16)17-9(2)21/h6-8H,5H2,1-4H3,(H,17,18,21). The first-order valence-electron chi connectivity index (χ1n) is 7.71. The minimum absolute atomic E-state index is 0.211. The van der Waals surface area contributed by atoms with Gasteiger partial charge in [-0.15, -0.1) is 5.10 Å². The third-order valence-corrected chi connectivity index (χ3v) is 5.27. The number of fused-ring (bicyclic) bond motifs is 2. The quantitative estimate of drug-likeness (QED) is 0.854. The molecule has 1 unspecified atom stereocenters. The fourth-order valence-corrected chi connectivity index (χ4v) is 4.36. The van der Waals surface area contributed by atoms with Crippen molar-refractivity contribution in [1.82, 2.24) is 10.3 Å². The summed E-state index contributed by atoms with van der Waals surface area (Å²) in [7, 11) is 1.53. The number of rotatable bonds is 2. The molecule has 8 nitrogen and oxygen atoms in total. The summed E-state index contributed by atoms with van der Waals surface area (Å²) >= 11 is 1.05. The lowest BCUT2D eigenvalue weighted by molar-refractivity contribution is -0.139. The van der Waals surface area contributed by atoms with Gasteiger partial charge in [0, 0.05) is 26.0 Å². The molecule has 0 saturated carbocycles. The van der Waals surface area contributed by atoms with E-state index in [9.17, 15) is 14.4 Å². The van der Waals surface area contributed by atoms with Crippen LogP contribution in [0, 0.1) is 0 Å². The van der Waals surface area contributed by atoms with Crippen molar-refractivity contribution in [2.45, 2.75) is 25.6 Å². The Kier molecular flexibility index (Phi) is 4.19. The summed E-state index contributed by atoms with van der Waals surface area (Å²) in [6.45, 7) is 4.99. The first-order chi connectivity index (χ1) is 11.8. The van der Waals surface area contributed by atoms with Crippen molar-refractivity contribution in [3.63, 3.8) is 0 Å². The van der Waals surface area contributed by atoms with E-state index in [0.29, 0.717) is 23.5 Å². The van der Waals surface area contributed by atoms with Crippen molar-refractivity contribution in [3.05, 3.63) is 23.8 Å². The van der Waals surface area contributed by atoms with E-state index < -0.39 is 10.8 Å². The van der Waals surface area contributed by atoms with Gasteiger partial charge in [-0.3, -0.25) is 14.4 Å². The fourth-order valence-electron chi connectivity index (χ4n) is 3.03. The number of amidine groups is 1. The highest BCUT2D eigenvalue weighted by Crippen LogP contribution is 2.55. The molecule has 1 aromatic rings. The number of hydrogen-bond acceptors (Lipinski definition) is 6. The minimum Gasteiger partial charge on any atom is -0.497 e. The van der Waals surface area contributed by atoms with E-state index in [1.54, 1.807) is 23.1 Å². The Balaban J connectivity index is 2.19. The second kappa shape index (κ2) is 6.07. The van der Waals surface area contributed by atoms with Crippen LogP contribution in [0.15, 0.2) is 23.3 Å². The SMILES string of the molecule is CCN1C(=O)C2(SC(NC(C)=O)=NN2C(C)=O)c2cc(OC)ccc21. The van der Waals surface area contributed by atoms with Gasteiger partial charge in [0.05, 0.1) is 12.8 Å². The van der Waals surface area contributed by atoms with E-state index in [4.69, 9.17) is 4.74 Å². The second-order valence-corrected chi connectivity index (χ2v) is 6.78. The summed E-state index contributed by atoms with van der Waals surface area (Å²) in [6, 6.07) is 5.29. The number of nitrogens with zero attached hydrogens (tertiary/aromatic N) is 3. The van der Waals surface area contributed by atoms with Gasteiger partial charge in [-0.2, -0.15) is 5.01 Å². The summed E-state index contributed by atoms with van der Waals surface area (Å²) in [5.74, 6) is -0.424. The van der Waals surface area contributed by atoms with Crippen LogP contribution in [0.4, 0.5) is 5.69 Å². The number of amides is 3. The predicted octanol–water partition coefficient (Wildman–Crippen LogP) is 1.22. The van der Waals surface area contributed by atoms with Crippen LogP contribution < -0.4 is 15.0 Å². The number of hydrazone groups is 1. The summed E-state index contributed by atoms with van der Waals surface area (Å²) in [5.41, 5.74) is 1.31. The van der Waals surface area contributed by atoms with Gasteiger partial charge in [-0.1, -0.05) is 0 Å². The fraction of sp³-hybridized carbons (Fsp3) is 0.375. The number of carbonyl (C=O) groups is 3. The average Bonchev–Trinajstić information content (AvgIpc) is 3.05. The molecule has 1 spiro atoms. The monoisotopic (exact) mass is 362 g/mol. The maximum atomic E-state index is 13.2. The molecule has 1 aromatic carbocycles. The van der Waals surface area contributed by atoms with Crippen LogP contribution in [0.3, 0.4) is 0 Å². The van der Waals surface area contributed by atoms with Crippen LogP contribution in [0.5, 0.6) is 5.75 Å². The van der Waals surface area contributed by atoms with E-state index in [0.717, 1.165) is 16.8 Å². The second-order valence-electron chi connectivity index (χ2n) is 5.60. The molecule has 0 radical (unpaired) electrons. The molecule has 2 aliphatic heterocycles. The average molecular weight is 362 g/mol. The summed E-state index contributed by atoms with van der Waals surface area (Å²) < 4.78 is 5.28. The van der Waals surface area contributed by atoms with Crippen molar-refractivity contribution < 1.29 is 19.1 Å². The minimum atomic E-state index is -1.37. The van der Waals surface area contributed by atoms with Crippen LogP contribution in [0.2, 0.25) is 0 Å². The van der Waals surface area contributed by atoms with Gasteiger partial charge >= 0.3 is 0 Å². The summed E-state index contributed by atoms with van der Waals surface area (Å²) in [6.07, 6.45) is 0. The maximum Gasteiger partial charge on any atom is 0.270 e. The lowest BCUT2D eigenvalue weighted by atomic mass is 10.1. The van der Waals surface area contributed by atoms with Crippen molar-refractivity contribution in [3.8, 4) is 5.75 Å². The van der Waals surface area contributed by atoms with Gasteiger partial charge in [0.25, 0.3) is 5.91 Å². The number of thioether (sulfide) groups is 1. The van der Waals surface area contributed by atoms with Crippen molar-refractivity contribution in [1.29, 1.82) is 0 Å². The zero-order chi connectivity index (χ0) is 18.4. The van der Waals surface area contributed by atoms with Gasteiger partial charge in [0.1, 0.15) is 5.75 Å². The third kappa shape index (κ3) is 2.46. The van der Waals surface area contributed by atoms with Crippen molar-refractivity contribution in [2.24, 2.45) is 5.10 Å². The molecule has 2 heterocycles. The van der Waals surface area contributed by atoms with E-state index in [2.05, 4.69) is 10.4 Å². The van der Waals surface area contributed by atoms with E-state index >= 15 is 0 Å². The predicted molar refractivity (Wildman–Crippen MR) is 94.1 cm³/mol. The number of hydrogen-bond donors (Lipinski definition) is 1. The van der Waals surface area contributed by atoms with Gasteiger partial charge in [-0.25, -0.2) is 0 Å². The first-order valence-corrected chi connectivity index (χ1v) is 8.53. The number of anilines is 1. The summed E-state index contributed by atoms with van der Waals surface area (Å²) in [4.78, 5) is 37.1. The maximum absolute atomic E-state index is 13.2. The largest absolute Gasteiger partial charge is 0.497 e. The van der Waals surface area contributed by atoms with Crippen molar-refractivity contribution >= 4 is 40.3 Å². The molecule has 0 aromatic heterocycles. The Morgan fingerprint density at radius 2 is 2.08 bits per heavy atom. The van der Waals surface area contributed by atoms with Crippen LogP contribution in [-0.4, -0.2) is 41.6 Å². The van der Waals surface area contributed by atoms with Crippen LogP contribution in [-0.2, 0) is 19.3 Å². The number of likely N-dealkylation sites (N-methyl/N-ethyl adjacent to an activating group) is 1. The molecule has 2 aliphatic rings. The highest BCUT2D eigenvalue weighted by molar-refractivity contribution is 8.15. The van der Waals surface area contributed by atoms with Crippen LogP contribution >= 0.6 is 11.8 Å². The van der Waals surface area contributed by atoms with E-state index in [1.165, 1.54) is 21.0 Å². The highest BCUT2D eigenvalue weighted by Gasteiger charge is 2.61. The Labute approximate surface area is 149 Å². The Bertz CT molecular complexity index is 809. The highest BCUT2D eigenvalue weighted by atomic mass is 32.2. The lowest BCUT2D eigenvalue weighted by Crippen LogP contribution is -2.48. The molecule has 25 heavy (non-hydrogen) atoms. The molecule has 3 rings (SSSR count).